The Kier molecular flexibility index (Phi) is 4.31. The van der Waals surface area contributed by atoms with Crippen LogP contribution in [0.2, 0.25) is 0 Å². The van der Waals surface area contributed by atoms with Crippen LogP contribution < -0.4 is 0 Å². The number of hydrogen-bond acceptors (Lipinski definition) is 3. The minimum Gasteiger partial charge on any atom is -0.272 e. The molecule has 2 bridgehead atoms. The molecule has 0 radical (unpaired) electrons. The van der Waals surface area contributed by atoms with E-state index in [1.807, 2.05) is 36.1 Å². The SMILES string of the molecule is CCN(CC)S(=O)(=O)N1C2CCC1CC(c1ccnn1C)C2. The normalized spacial score (nSPS) is 29.4. The van der Waals surface area contributed by atoms with Crippen LogP contribution in [0.1, 0.15) is 51.1 Å². The van der Waals surface area contributed by atoms with E-state index in [0.29, 0.717) is 19.0 Å². The first kappa shape index (κ1) is 16.0. The molecular weight excluding hydrogens is 300 g/mol. The van der Waals surface area contributed by atoms with Gasteiger partial charge in [0.25, 0.3) is 10.2 Å². The van der Waals surface area contributed by atoms with Gasteiger partial charge in [0.05, 0.1) is 0 Å². The van der Waals surface area contributed by atoms with E-state index in [2.05, 4.69) is 11.2 Å². The number of hydrogen-bond donors (Lipinski definition) is 0. The van der Waals surface area contributed by atoms with E-state index in [1.165, 1.54) is 5.69 Å². The van der Waals surface area contributed by atoms with Crippen LogP contribution in [-0.4, -0.2) is 52.0 Å². The fourth-order valence-electron chi connectivity index (χ4n) is 4.22. The summed E-state index contributed by atoms with van der Waals surface area (Å²) in [5, 5.41) is 4.26. The van der Waals surface area contributed by atoms with Crippen LogP contribution in [0.4, 0.5) is 0 Å². The second-order valence-corrected chi connectivity index (χ2v) is 8.19. The van der Waals surface area contributed by atoms with Crippen molar-refractivity contribution in [2.45, 2.75) is 57.5 Å². The predicted octanol–water partition coefficient (Wildman–Crippen LogP) is 1.72. The molecule has 2 aliphatic rings. The molecule has 2 saturated heterocycles. The van der Waals surface area contributed by atoms with Crippen LogP contribution in [0.3, 0.4) is 0 Å². The average molecular weight is 326 g/mol. The van der Waals surface area contributed by atoms with Gasteiger partial charge in [-0.2, -0.15) is 22.1 Å². The number of piperidine rings is 1. The van der Waals surface area contributed by atoms with E-state index in [1.54, 1.807) is 4.31 Å². The monoisotopic (exact) mass is 326 g/mol. The van der Waals surface area contributed by atoms with E-state index in [9.17, 15) is 8.42 Å². The third-order valence-corrected chi connectivity index (χ3v) is 7.54. The maximum atomic E-state index is 12.9. The third kappa shape index (κ3) is 2.49. The molecule has 22 heavy (non-hydrogen) atoms. The third-order valence-electron chi connectivity index (χ3n) is 5.24. The summed E-state index contributed by atoms with van der Waals surface area (Å²) in [7, 11) is -1.35. The van der Waals surface area contributed by atoms with Gasteiger partial charge in [-0.15, -0.1) is 0 Å². The average Bonchev–Trinajstić information content (AvgIpc) is 3.02. The highest BCUT2D eigenvalue weighted by Gasteiger charge is 2.48. The standard InChI is InChI=1S/C15H26N4O2S/c1-4-18(5-2)22(20,21)19-13-6-7-14(19)11-12(10-13)15-8-9-16-17(15)3/h8-9,12-14H,4-7,10-11H2,1-3H3. The highest BCUT2D eigenvalue weighted by molar-refractivity contribution is 7.86. The van der Waals surface area contributed by atoms with Crippen LogP contribution >= 0.6 is 0 Å². The van der Waals surface area contributed by atoms with Crippen molar-refractivity contribution in [3.05, 3.63) is 18.0 Å². The van der Waals surface area contributed by atoms with Crippen molar-refractivity contribution >= 4 is 10.2 Å². The Morgan fingerprint density at radius 3 is 2.27 bits per heavy atom. The molecule has 0 saturated carbocycles. The van der Waals surface area contributed by atoms with Crippen LogP contribution in [-0.2, 0) is 17.3 Å². The van der Waals surface area contributed by atoms with Crippen molar-refractivity contribution in [2.24, 2.45) is 7.05 Å². The first-order chi connectivity index (χ1) is 10.5. The summed E-state index contributed by atoms with van der Waals surface area (Å²) in [5.41, 5.74) is 1.23. The molecule has 0 aromatic carbocycles. The quantitative estimate of drug-likeness (QED) is 0.828. The molecule has 3 rings (SSSR count). The van der Waals surface area contributed by atoms with Gasteiger partial charge >= 0.3 is 0 Å². The van der Waals surface area contributed by atoms with E-state index >= 15 is 0 Å². The lowest BCUT2D eigenvalue weighted by Crippen LogP contribution is -2.52. The summed E-state index contributed by atoms with van der Waals surface area (Å²) in [6.07, 6.45) is 5.63. The molecule has 2 aliphatic heterocycles. The Morgan fingerprint density at radius 2 is 1.82 bits per heavy atom. The summed E-state index contributed by atoms with van der Waals surface area (Å²) in [4.78, 5) is 0. The van der Waals surface area contributed by atoms with Gasteiger partial charge in [0.15, 0.2) is 0 Å². The van der Waals surface area contributed by atoms with Crippen LogP contribution in [0, 0.1) is 0 Å². The molecule has 2 atom stereocenters. The minimum absolute atomic E-state index is 0.143. The van der Waals surface area contributed by atoms with Gasteiger partial charge in [-0.1, -0.05) is 13.8 Å². The van der Waals surface area contributed by atoms with Crippen molar-refractivity contribution in [2.75, 3.05) is 13.1 Å². The molecule has 0 N–H and O–H groups in total. The first-order valence-electron chi connectivity index (χ1n) is 8.25. The summed E-state index contributed by atoms with van der Waals surface area (Å²) in [5.74, 6) is 0.424. The Morgan fingerprint density at radius 1 is 1.23 bits per heavy atom. The van der Waals surface area contributed by atoms with Gasteiger partial charge in [-0.05, 0) is 31.7 Å². The van der Waals surface area contributed by atoms with Gasteiger partial charge < -0.3 is 0 Å². The Hall–Kier alpha value is -0.920. The second-order valence-electron chi connectivity index (χ2n) is 6.35. The van der Waals surface area contributed by atoms with Crippen molar-refractivity contribution in [1.82, 2.24) is 18.4 Å². The minimum atomic E-state index is -3.32. The van der Waals surface area contributed by atoms with Gasteiger partial charge in [0, 0.05) is 50.0 Å². The van der Waals surface area contributed by atoms with E-state index in [4.69, 9.17) is 0 Å². The molecular formula is C15H26N4O2S. The summed E-state index contributed by atoms with van der Waals surface area (Å²) < 4.78 is 31.1. The topological polar surface area (TPSA) is 58.4 Å². The molecule has 0 spiro atoms. The number of aryl methyl sites for hydroxylation is 1. The van der Waals surface area contributed by atoms with Crippen molar-refractivity contribution in [1.29, 1.82) is 0 Å². The van der Waals surface area contributed by atoms with Gasteiger partial charge in [0.1, 0.15) is 0 Å². The fourth-order valence-corrected chi connectivity index (χ4v) is 6.28. The van der Waals surface area contributed by atoms with E-state index in [-0.39, 0.29) is 12.1 Å². The number of rotatable bonds is 5. The Balaban J connectivity index is 1.83. The summed E-state index contributed by atoms with van der Waals surface area (Å²) in [6.45, 7) is 4.90. The van der Waals surface area contributed by atoms with Gasteiger partial charge in [-0.3, -0.25) is 4.68 Å². The lowest BCUT2D eigenvalue weighted by atomic mass is 9.89. The molecule has 1 aromatic heterocycles. The highest BCUT2D eigenvalue weighted by atomic mass is 32.2. The van der Waals surface area contributed by atoms with Crippen LogP contribution in [0.25, 0.3) is 0 Å². The zero-order valence-corrected chi connectivity index (χ0v) is 14.5. The highest BCUT2D eigenvalue weighted by Crippen LogP contribution is 2.44. The van der Waals surface area contributed by atoms with E-state index < -0.39 is 10.2 Å². The predicted molar refractivity (Wildman–Crippen MR) is 85.7 cm³/mol. The number of nitrogens with zero attached hydrogens (tertiary/aromatic N) is 4. The van der Waals surface area contributed by atoms with E-state index in [0.717, 1.165) is 25.7 Å². The van der Waals surface area contributed by atoms with Crippen molar-refractivity contribution in [3.8, 4) is 0 Å². The number of fused-ring (bicyclic) bond motifs is 2. The zero-order valence-electron chi connectivity index (χ0n) is 13.6. The lowest BCUT2D eigenvalue weighted by molar-refractivity contribution is 0.207. The molecule has 3 heterocycles. The maximum absolute atomic E-state index is 12.9. The number of aromatic nitrogens is 2. The lowest BCUT2D eigenvalue weighted by Gasteiger charge is -2.40. The second kappa shape index (κ2) is 5.94. The molecule has 7 heteroatoms. The molecule has 0 amide bonds. The largest absolute Gasteiger partial charge is 0.282 e. The Bertz CT molecular complexity index is 609. The smallest absolute Gasteiger partial charge is 0.272 e. The molecule has 6 nitrogen and oxygen atoms in total. The fraction of sp³-hybridized carbons (Fsp3) is 0.800. The summed E-state index contributed by atoms with van der Waals surface area (Å²) >= 11 is 0. The molecule has 1 aromatic rings. The zero-order chi connectivity index (χ0) is 15.9. The van der Waals surface area contributed by atoms with Gasteiger partial charge in [0.2, 0.25) is 0 Å². The molecule has 0 aliphatic carbocycles. The summed E-state index contributed by atoms with van der Waals surface area (Å²) in [6, 6.07) is 2.35. The van der Waals surface area contributed by atoms with Crippen molar-refractivity contribution < 1.29 is 8.42 Å². The maximum Gasteiger partial charge on any atom is 0.282 e. The van der Waals surface area contributed by atoms with Crippen molar-refractivity contribution in [3.63, 3.8) is 0 Å². The molecule has 2 fully saturated rings. The van der Waals surface area contributed by atoms with Crippen LogP contribution in [0.15, 0.2) is 12.3 Å². The van der Waals surface area contributed by atoms with Gasteiger partial charge in [-0.25, -0.2) is 0 Å². The first-order valence-corrected chi connectivity index (χ1v) is 9.65. The molecule has 2 unspecified atom stereocenters. The molecule has 124 valence electrons. The van der Waals surface area contributed by atoms with Crippen LogP contribution in [0.5, 0.6) is 0 Å². The Labute approximate surface area is 133 Å².